The van der Waals surface area contributed by atoms with Crippen LogP contribution in [0.3, 0.4) is 0 Å². The summed E-state index contributed by atoms with van der Waals surface area (Å²) in [5.41, 5.74) is 6.23. The van der Waals surface area contributed by atoms with Gasteiger partial charge in [0.25, 0.3) is 0 Å². The topological polar surface area (TPSA) is 89.6 Å². The van der Waals surface area contributed by atoms with Gasteiger partial charge in [-0.3, -0.25) is 9.59 Å². The lowest BCUT2D eigenvalue weighted by Crippen LogP contribution is -2.36. The summed E-state index contributed by atoms with van der Waals surface area (Å²) >= 11 is 0. The summed E-state index contributed by atoms with van der Waals surface area (Å²) in [6.45, 7) is 3.63. The third-order valence-corrected chi connectivity index (χ3v) is 3.32. The van der Waals surface area contributed by atoms with Crippen LogP contribution >= 0.6 is 0 Å². The van der Waals surface area contributed by atoms with Gasteiger partial charge < -0.3 is 15.6 Å². The third kappa shape index (κ3) is 2.67. The highest BCUT2D eigenvalue weighted by molar-refractivity contribution is 6.11. The highest BCUT2D eigenvalue weighted by Gasteiger charge is 2.34. The van der Waals surface area contributed by atoms with Gasteiger partial charge in [-0.15, -0.1) is 0 Å². The van der Waals surface area contributed by atoms with Crippen molar-refractivity contribution in [1.82, 2.24) is 0 Å². The van der Waals surface area contributed by atoms with Gasteiger partial charge in [0.2, 0.25) is 0 Å². The number of hydrogen-bond donors (Lipinski definition) is 2. The molecular weight excluding hydrogens is 258 g/mol. The van der Waals surface area contributed by atoms with Crippen LogP contribution in [0.1, 0.15) is 53.8 Å². The summed E-state index contributed by atoms with van der Waals surface area (Å²) in [4.78, 5) is 24.2. The van der Waals surface area contributed by atoms with Gasteiger partial charge in [0.15, 0.2) is 11.6 Å². The number of ketones is 2. The average Bonchev–Trinajstić information content (AvgIpc) is 2.34. The first-order valence-corrected chi connectivity index (χ1v) is 6.64. The Morgan fingerprint density at radius 1 is 1.45 bits per heavy atom. The molecule has 108 valence electrons. The molecule has 0 amide bonds. The quantitative estimate of drug-likeness (QED) is 0.648. The zero-order valence-corrected chi connectivity index (χ0v) is 11.7. The molecule has 20 heavy (non-hydrogen) atoms. The van der Waals surface area contributed by atoms with Crippen molar-refractivity contribution >= 4 is 17.3 Å². The summed E-state index contributed by atoms with van der Waals surface area (Å²) in [6.07, 6.45) is 0.825. The van der Waals surface area contributed by atoms with E-state index in [1.54, 1.807) is 12.1 Å². The Morgan fingerprint density at radius 2 is 2.15 bits per heavy atom. The van der Waals surface area contributed by atoms with Crippen LogP contribution in [0.15, 0.2) is 12.1 Å². The molecule has 0 saturated carbocycles. The van der Waals surface area contributed by atoms with Crippen molar-refractivity contribution in [2.75, 3.05) is 12.3 Å². The number of fused-ring (bicyclic) bond motifs is 1. The van der Waals surface area contributed by atoms with Gasteiger partial charge in [0, 0.05) is 18.6 Å². The maximum Gasteiger partial charge on any atom is 0.172 e. The number of aliphatic hydroxyl groups excluding tert-OH is 1. The predicted molar refractivity (Wildman–Crippen MR) is 75.2 cm³/mol. The van der Waals surface area contributed by atoms with E-state index in [0.717, 1.165) is 0 Å². The maximum atomic E-state index is 12.2. The smallest absolute Gasteiger partial charge is 0.172 e. The fraction of sp³-hybridized carbons (Fsp3) is 0.467. The molecule has 0 unspecified atom stereocenters. The van der Waals surface area contributed by atoms with Gasteiger partial charge in [-0.2, -0.15) is 0 Å². The zero-order chi connectivity index (χ0) is 14.9. The van der Waals surface area contributed by atoms with E-state index in [9.17, 15) is 9.59 Å². The first kappa shape index (κ1) is 14.5. The van der Waals surface area contributed by atoms with Crippen LogP contribution in [-0.2, 0) is 0 Å². The van der Waals surface area contributed by atoms with E-state index in [0.29, 0.717) is 23.3 Å². The number of rotatable bonds is 4. The summed E-state index contributed by atoms with van der Waals surface area (Å²) in [6, 6.07) is 3.21. The second-order valence-corrected chi connectivity index (χ2v) is 5.61. The number of ether oxygens (including phenoxy) is 1. The first-order chi connectivity index (χ1) is 9.35. The molecule has 1 heterocycles. The van der Waals surface area contributed by atoms with E-state index in [4.69, 9.17) is 15.6 Å². The molecule has 5 heteroatoms. The molecule has 0 atom stereocenters. The Balaban J connectivity index is 2.40. The number of carbonyl (C=O) groups is 2. The minimum atomic E-state index is -0.557. The fourth-order valence-electron chi connectivity index (χ4n) is 2.40. The molecule has 0 saturated heterocycles. The largest absolute Gasteiger partial charge is 0.487 e. The van der Waals surface area contributed by atoms with Gasteiger partial charge in [-0.05, 0) is 32.4 Å². The van der Waals surface area contributed by atoms with Crippen molar-refractivity contribution in [3.8, 4) is 5.75 Å². The number of anilines is 1. The Hall–Kier alpha value is -1.88. The summed E-state index contributed by atoms with van der Waals surface area (Å²) in [7, 11) is 0. The lowest BCUT2D eigenvalue weighted by molar-refractivity contribution is 0.0622. The first-order valence-electron chi connectivity index (χ1n) is 6.64. The highest BCUT2D eigenvalue weighted by Crippen LogP contribution is 2.38. The highest BCUT2D eigenvalue weighted by atomic mass is 16.5. The Bertz CT molecular complexity index is 563. The Kier molecular flexibility index (Phi) is 3.81. The normalized spacial score (nSPS) is 16.4. The lowest BCUT2D eigenvalue weighted by atomic mass is 9.89. The third-order valence-electron chi connectivity index (χ3n) is 3.32. The van der Waals surface area contributed by atoms with Crippen LogP contribution in [-0.4, -0.2) is 28.9 Å². The van der Waals surface area contributed by atoms with Crippen molar-refractivity contribution in [2.45, 2.75) is 38.7 Å². The van der Waals surface area contributed by atoms with Gasteiger partial charge in [-0.1, -0.05) is 0 Å². The van der Waals surface area contributed by atoms with Crippen molar-refractivity contribution in [2.24, 2.45) is 0 Å². The molecule has 0 radical (unpaired) electrons. The van der Waals surface area contributed by atoms with E-state index in [1.165, 1.54) is 0 Å². The molecule has 0 spiro atoms. The number of hydrogen-bond acceptors (Lipinski definition) is 5. The molecule has 3 N–H and O–H groups in total. The second-order valence-electron chi connectivity index (χ2n) is 5.61. The number of benzene rings is 1. The molecule has 1 aromatic carbocycles. The minimum Gasteiger partial charge on any atom is -0.487 e. The van der Waals surface area contributed by atoms with Crippen LogP contribution in [0.4, 0.5) is 5.69 Å². The monoisotopic (exact) mass is 277 g/mol. The fourth-order valence-corrected chi connectivity index (χ4v) is 2.40. The van der Waals surface area contributed by atoms with Gasteiger partial charge >= 0.3 is 0 Å². The van der Waals surface area contributed by atoms with Crippen molar-refractivity contribution in [1.29, 1.82) is 0 Å². The Morgan fingerprint density at radius 3 is 2.80 bits per heavy atom. The zero-order valence-electron chi connectivity index (χ0n) is 11.7. The van der Waals surface area contributed by atoms with E-state index in [1.807, 2.05) is 13.8 Å². The van der Waals surface area contributed by atoms with Gasteiger partial charge in [0.05, 0.1) is 17.7 Å². The summed E-state index contributed by atoms with van der Waals surface area (Å²) in [5, 5.41) is 8.77. The molecule has 1 aromatic rings. The van der Waals surface area contributed by atoms with Crippen LogP contribution < -0.4 is 10.5 Å². The van der Waals surface area contributed by atoms with Crippen LogP contribution in [0, 0.1) is 0 Å². The number of nitrogen functional groups attached to an aromatic ring is 1. The van der Waals surface area contributed by atoms with Gasteiger partial charge in [-0.25, -0.2) is 0 Å². The van der Waals surface area contributed by atoms with Crippen LogP contribution in [0.25, 0.3) is 0 Å². The summed E-state index contributed by atoms with van der Waals surface area (Å²) < 4.78 is 5.73. The molecule has 0 fully saturated rings. The van der Waals surface area contributed by atoms with Crippen molar-refractivity contribution < 1.29 is 19.4 Å². The van der Waals surface area contributed by atoms with E-state index >= 15 is 0 Å². The molecule has 0 aromatic heterocycles. The number of Topliss-reactive ketones (excluding diaryl/α,β-unsaturated/α-hetero) is 2. The second kappa shape index (κ2) is 5.25. The Labute approximate surface area is 117 Å². The van der Waals surface area contributed by atoms with E-state index < -0.39 is 5.60 Å². The maximum absolute atomic E-state index is 12.2. The number of carbonyl (C=O) groups excluding carboxylic acids is 2. The molecule has 1 aliphatic heterocycles. The van der Waals surface area contributed by atoms with Gasteiger partial charge in [0.1, 0.15) is 11.4 Å². The van der Waals surface area contributed by atoms with Crippen LogP contribution in [0.2, 0.25) is 0 Å². The summed E-state index contributed by atoms with van der Waals surface area (Å²) in [5.74, 6) is 0.157. The predicted octanol–water partition coefficient (Wildman–Crippen LogP) is 1.97. The number of nitrogens with two attached hydrogens (primary N) is 1. The minimum absolute atomic E-state index is 0.0488. The molecule has 1 aliphatic rings. The van der Waals surface area contributed by atoms with E-state index in [-0.39, 0.29) is 36.7 Å². The van der Waals surface area contributed by atoms with E-state index in [2.05, 4.69) is 0 Å². The molecule has 0 aliphatic carbocycles. The molecular formula is C15H19NO4. The van der Waals surface area contributed by atoms with Crippen molar-refractivity contribution in [3.63, 3.8) is 0 Å². The van der Waals surface area contributed by atoms with Crippen LogP contribution in [0.5, 0.6) is 5.75 Å². The molecule has 2 rings (SSSR count). The van der Waals surface area contributed by atoms with Crippen molar-refractivity contribution in [3.05, 3.63) is 23.3 Å². The molecule has 0 bridgehead atoms. The lowest BCUT2D eigenvalue weighted by Gasteiger charge is -2.32. The molecule has 5 nitrogen and oxygen atoms in total. The number of aliphatic hydroxyl groups is 1. The average molecular weight is 277 g/mol. The SMILES string of the molecule is CC1(C)CC(=O)c2c(ccc(C(=O)CCCO)c2N)O1. The standard InChI is InChI=1S/C15H19NO4/c1-15(2)8-11(19)13-12(20-15)6-5-9(14(13)16)10(18)4-3-7-17/h5-6,17H,3-4,7-8,16H2,1-2H3.